The monoisotopic (exact) mass is 389 g/mol. The van der Waals surface area contributed by atoms with Crippen molar-refractivity contribution in [2.24, 2.45) is 23.2 Å². The zero-order valence-corrected chi connectivity index (χ0v) is 17.1. The molecule has 1 heterocycles. The predicted molar refractivity (Wildman–Crippen MR) is 101 cm³/mol. The topological polar surface area (TPSA) is 91.7 Å². The van der Waals surface area contributed by atoms with E-state index in [4.69, 9.17) is 9.47 Å². The fourth-order valence-electron chi connectivity index (χ4n) is 6.02. The SMILES string of the molecule is CC(C)(C)OC(=O)N[C@@H]1CCN(C(=O)OC2C3CC4C[C@H]2CC(C#N)(C4)C3)C1. The highest BCUT2D eigenvalue weighted by Crippen LogP contribution is 2.60. The molecular weight excluding hydrogens is 358 g/mol. The molecule has 0 spiro atoms. The molecule has 4 unspecified atom stereocenters. The average Bonchev–Trinajstić information content (AvgIpc) is 3.04. The van der Waals surface area contributed by atoms with Crippen LogP contribution in [0, 0.1) is 34.5 Å². The van der Waals surface area contributed by atoms with Crippen LogP contribution in [0.25, 0.3) is 0 Å². The second-order valence-corrected chi connectivity index (χ2v) is 10.3. The summed E-state index contributed by atoms with van der Waals surface area (Å²) in [7, 11) is 0. The molecule has 1 saturated heterocycles. The second kappa shape index (κ2) is 6.82. The Morgan fingerprint density at radius 2 is 1.86 bits per heavy atom. The van der Waals surface area contributed by atoms with Crippen molar-refractivity contribution >= 4 is 12.2 Å². The summed E-state index contributed by atoms with van der Waals surface area (Å²) in [6.07, 6.45) is 4.86. The molecule has 2 amide bonds. The van der Waals surface area contributed by atoms with Gasteiger partial charge in [-0.1, -0.05) is 0 Å². The second-order valence-electron chi connectivity index (χ2n) is 10.3. The number of carbonyl (C=O) groups excluding carboxylic acids is 2. The van der Waals surface area contributed by atoms with Crippen molar-refractivity contribution < 1.29 is 19.1 Å². The van der Waals surface area contributed by atoms with Gasteiger partial charge in [0.2, 0.25) is 0 Å². The highest BCUT2D eigenvalue weighted by atomic mass is 16.6. The Bertz CT molecular complexity index is 679. The van der Waals surface area contributed by atoms with Crippen LogP contribution in [0.2, 0.25) is 0 Å². The maximum Gasteiger partial charge on any atom is 0.410 e. The van der Waals surface area contributed by atoms with Gasteiger partial charge in [-0.25, -0.2) is 9.59 Å². The van der Waals surface area contributed by atoms with Gasteiger partial charge in [-0.05, 0) is 77.0 Å². The van der Waals surface area contributed by atoms with Crippen LogP contribution in [-0.2, 0) is 9.47 Å². The number of nitriles is 1. The number of ether oxygens (including phenoxy) is 2. The van der Waals surface area contributed by atoms with Crippen LogP contribution in [0.3, 0.4) is 0 Å². The van der Waals surface area contributed by atoms with Gasteiger partial charge in [0.15, 0.2) is 0 Å². The smallest absolute Gasteiger partial charge is 0.410 e. The maximum atomic E-state index is 12.7. The summed E-state index contributed by atoms with van der Waals surface area (Å²) in [5.74, 6) is 1.28. The van der Waals surface area contributed by atoms with Crippen LogP contribution in [0.1, 0.15) is 59.3 Å². The van der Waals surface area contributed by atoms with Crippen molar-refractivity contribution in [1.29, 1.82) is 5.26 Å². The minimum Gasteiger partial charge on any atom is -0.446 e. The first-order chi connectivity index (χ1) is 13.2. The van der Waals surface area contributed by atoms with Crippen molar-refractivity contribution in [1.82, 2.24) is 10.2 Å². The number of hydrogen-bond acceptors (Lipinski definition) is 5. The molecule has 1 N–H and O–H groups in total. The lowest BCUT2D eigenvalue weighted by molar-refractivity contribution is -0.121. The Hall–Kier alpha value is -1.97. The van der Waals surface area contributed by atoms with Gasteiger partial charge in [0.25, 0.3) is 0 Å². The summed E-state index contributed by atoms with van der Waals surface area (Å²) >= 11 is 0. The molecule has 5 aliphatic rings. The summed E-state index contributed by atoms with van der Waals surface area (Å²) in [6.45, 7) is 6.50. The highest BCUT2D eigenvalue weighted by molar-refractivity contribution is 5.70. The first-order valence-corrected chi connectivity index (χ1v) is 10.5. The van der Waals surface area contributed by atoms with Crippen LogP contribution in [-0.4, -0.2) is 47.9 Å². The number of hydrogen-bond donors (Lipinski definition) is 1. The molecule has 4 aliphatic carbocycles. The van der Waals surface area contributed by atoms with Gasteiger partial charge in [-0.3, -0.25) is 0 Å². The maximum absolute atomic E-state index is 12.7. The summed E-state index contributed by atoms with van der Waals surface area (Å²) < 4.78 is 11.3. The van der Waals surface area contributed by atoms with Gasteiger partial charge < -0.3 is 19.7 Å². The van der Waals surface area contributed by atoms with E-state index >= 15 is 0 Å². The molecule has 4 bridgehead atoms. The van der Waals surface area contributed by atoms with E-state index in [1.165, 1.54) is 0 Å². The molecule has 5 fully saturated rings. The third kappa shape index (κ3) is 3.78. The number of nitrogens with one attached hydrogen (secondary N) is 1. The first kappa shape index (κ1) is 19.4. The number of carbonyl (C=O) groups is 2. The Kier molecular flexibility index (Phi) is 4.71. The molecule has 0 aromatic rings. The summed E-state index contributed by atoms with van der Waals surface area (Å²) in [5.41, 5.74) is -0.711. The third-order valence-electron chi connectivity index (χ3n) is 6.83. The van der Waals surface area contributed by atoms with Crippen molar-refractivity contribution in [3.8, 4) is 6.07 Å². The van der Waals surface area contributed by atoms with E-state index in [0.29, 0.717) is 37.3 Å². The normalized spacial score (nSPS) is 38.8. The molecule has 154 valence electrons. The van der Waals surface area contributed by atoms with E-state index in [1.807, 2.05) is 20.8 Å². The number of alkyl carbamates (subject to hydrolysis) is 1. The van der Waals surface area contributed by atoms with Gasteiger partial charge in [-0.2, -0.15) is 5.26 Å². The standard InChI is InChI=1S/C21H31N3O4/c1-20(2,3)28-18(25)23-16-4-5-24(11-16)19(26)27-17-14-6-13-7-15(17)10-21(8-13,9-14)12-22/h13-17H,4-11H2,1-3H3,(H,23,25)/t13?,14-,15?,16+,17?,21?/m0/s1. The van der Waals surface area contributed by atoms with E-state index in [1.54, 1.807) is 4.90 Å². The van der Waals surface area contributed by atoms with E-state index in [-0.39, 0.29) is 23.7 Å². The predicted octanol–water partition coefficient (Wildman–Crippen LogP) is 3.44. The molecule has 7 heteroatoms. The van der Waals surface area contributed by atoms with Gasteiger partial charge in [0.1, 0.15) is 11.7 Å². The van der Waals surface area contributed by atoms with Gasteiger partial charge >= 0.3 is 12.2 Å². The number of rotatable bonds is 2. The lowest BCUT2D eigenvalue weighted by atomic mass is 9.49. The lowest BCUT2D eigenvalue weighted by Gasteiger charge is -2.56. The molecule has 0 aromatic heterocycles. The fraction of sp³-hybridized carbons (Fsp3) is 0.857. The Morgan fingerprint density at radius 1 is 1.18 bits per heavy atom. The van der Waals surface area contributed by atoms with Crippen LogP contribution in [0.5, 0.6) is 0 Å². The number of nitrogens with zero attached hydrogens (tertiary/aromatic N) is 2. The Labute approximate surface area is 166 Å². The van der Waals surface area contributed by atoms with Crippen LogP contribution >= 0.6 is 0 Å². The summed E-state index contributed by atoms with van der Waals surface area (Å²) in [4.78, 5) is 26.4. The van der Waals surface area contributed by atoms with E-state index in [0.717, 1.165) is 32.1 Å². The molecule has 28 heavy (non-hydrogen) atoms. The average molecular weight is 389 g/mol. The zero-order valence-electron chi connectivity index (χ0n) is 17.1. The van der Waals surface area contributed by atoms with E-state index in [2.05, 4.69) is 11.4 Å². The lowest BCUT2D eigenvalue weighted by Crippen LogP contribution is -2.55. The highest BCUT2D eigenvalue weighted by Gasteiger charge is 2.57. The van der Waals surface area contributed by atoms with Gasteiger partial charge in [0.05, 0.1) is 17.5 Å². The number of amides is 2. The van der Waals surface area contributed by atoms with Crippen molar-refractivity contribution in [2.75, 3.05) is 13.1 Å². The molecule has 4 saturated carbocycles. The van der Waals surface area contributed by atoms with Crippen molar-refractivity contribution in [3.63, 3.8) is 0 Å². The zero-order chi connectivity index (χ0) is 20.1. The summed E-state index contributed by atoms with van der Waals surface area (Å²) in [6, 6.07) is 2.47. The Morgan fingerprint density at radius 3 is 2.46 bits per heavy atom. The first-order valence-electron chi connectivity index (χ1n) is 10.5. The molecule has 7 nitrogen and oxygen atoms in total. The molecule has 0 aromatic carbocycles. The van der Waals surface area contributed by atoms with E-state index in [9.17, 15) is 14.9 Å². The van der Waals surface area contributed by atoms with Gasteiger partial charge in [0, 0.05) is 13.1 Å². The summed E-state index contributed by atoms with van der Waals surface area (Å²) in [5, 5.41) is 12.5. The Balaban J connectivity index is 1.30. The molecular formula is C21H31N3O4. The largest absolute Gasteiger partial charge is 0.446 e. The van der Waals surface area contributed by atoms with Crippen LogP contribution < -0.4 is 5.32 Å². The van der Waals surface area contributed by atoms with E-state index < -0.39 is 11.7 Å². The molecule has 5 rings (SSSR count). The van der Waals surface area contributed by atoms with Crippen LogP contribution in [0.4, 0.5) is 9.59 Å². The fourth-order valence-corrected chi connectivity index (χ4v) is 6.02. The molecule has 0 radical (unpaired) electrons. The van der Waals surface area contributed by atoms with Crippen molar-refractivity contribution in [2.45, 2.75) is 77.0 Å². The van der Waals surface area contributed by atoms with Crippen LogP contribution in [0.15, 0.2) is 0 Å². The van der Waals surface area contributed by atoms with Gasteiger partial charge in [-0.15, -0.1) is 0 Å². The quantitative estimate of drug-likeness (QED) is 0.781. The minimum atomic E-state index is -0.540. The minimum absolute atomic E-state index is 0.0524. The third-order valence-corrected chi connectivity index (χ3v) is 6.83. The number of likely N-dealkylation sites (tertiary alicyclic amines) is 1. The molecule has 1 aliphatic heterocycles. The molecule has 6 atom stereocenters. The van der Waals surface area contributed by atoms with Crippen molar-refractivity contribution in [3.05, 3.63) is 0 Å².